The van der Waals surface area contributed by atoms with Gasteiger partial charge in [-0.2, -0.15) is 0 Å². The molecule has 0 aliphatic carbocycles. The van der Waals surface area contributed by atoms with E-state index in [1.165, 1.54) is 0 Å². The molecular formula is C22H24O7. The second kappa shape index (κ2) is 10.4. The van der Waals surface area contributed by atoms with Crippen LogP contribution in [0.4, 0.5) is 0 Å². The van der Waals surface area contributed by atoms with Crippen molar-refractivity contribution in [1.82, 2.24) is 0 Å². The summed E-state index contributed by atoms with van der Waals surface area (Å²) in [5.74, 6) is 2.01. The normalized spacial score (nSPS) is 12.6. The van der Waals surface area contributed by atoms with Crippen molar-refractivity contribution in [3.05, 3.63) is 48.0 Å². The summed E-state index contributed by atoms with van der Waals surface area (Å²) in [4.78, 5) is 24.2. The van der Waals surface area contributed by atoms with Crippen molar-refractivity contribution in [2.45, 2.75) is 19.3 Å². The second-order valence-corrected chi connectivity index (χ2v) is 6.38. The molecule has 1 aliphatic heterocycles. The molecule has 0 aromatic heterocycles. The highest BCUT2D eigenvalue weighted by molar-refractivity contribution is 5.98. The van der Waals surface area contributed by atoms with Gasteiger partial charge in [0.05, 0.1) is 26.7 Å². The molecule has 0 radical (unpaired) electrons. The highest BCUT2D eigenvalue weighted by atomic mass is 16.6. The molecule has 0 fully saturated rings. The maximum absolute atomic E-state index is 12.3. The van der Waals surface area contributed by atoms with Gasteiger partial charge in [0.25, 0.3) is 0 Å². The molecule has 0 unspecified atom stereocenters. The summed E-state index contributed by atoms with van der Waals surface area (Å²) in [6.45, 7) is 1.49. The average molecular weight is 400 g/mol. The molecule has 0 bridgehead atoms. The van der Waals surface area contributed by atoms with E-state index in [1.54, 1.807) is 49.6 Å². The first kappa shape index (κ1) is 20.5. The van der Waals surface area contributed by atoms with E-state index in [0.717, 1.165) is 12.2 Å². The third-order valence-corrected chi connectivity index (χ3v) is 4.30. The van der Waals surface area contributed by atoms with Crippen LogP contribution in [0.3, 0.4) is 0 Å². The quantitative estimate of drug-likeness (QED) is 0.362. The summed E-state index contributed by atoms with van der Waals surface area (Å²) in [5.41, 5.74) is 0.491. The van der Waals surface area contributed by atoms with Gasteiger partial charge >= 0.3 is 5.97 Å². The third kappa shape index (κ3) is 6.14. The number of hydrogen-bond acceptors (Lipinski definition) is 7. The van der Waals surface area contributed by atoms with Crippen molar-refractivity contribution in [3.63, 3.8) is 0 Å². The summed E-state index contributed by atoms with van der Waals surface area (Å²) >= 11 is 0. The molecule has 7 nitrogen and oxygen atoms in total. The van der Waals surface area contributed by atoms with Crippen molar-refractivity contribution in [2.24, 2.45) is 0 Å². The molecule has 1 aliphatic rings. The zero-order valence-electron chi connectivity index (χ0n) is 16.3. The lowest BCUT2D eigenvalue weighted by atomic mass is 10.1. The molecule has 0 saturated heterocycles. The molecule has 29 heavy (non-hydrogen) atoms. The highest BCUT2D eigenvalue weighted by Gasteiger charge is 2.15. The number of carbonyl (C=O) groups excluding carboxylic acids is 2. The Bertz CT molecular complexity index is 830. The molecule has 0 spiro atoms. The summed E-state index contributed by atoms with van der Waals surface area (Å²) in [6, 6.07) is 12.2. The Kier molecular flexibility index (Phi) is 7.33. The van der Waals surface area contributed by atoms with Crippen molar-refractivity contribution in [1.29, 1.82) is 0 Å². The first-order chi connectivity index (χ1) is 14.2. The monoisotopic (exact) mass is 400 g/mol. The minimum atomic E-state index is -0.439. The zero-order chi connectivity index (χ0) is 20.5. The highest BCUT2D eigenvalue weighted by Crippen LogP contribution is 2.30. The first-order valence-corrected chi connectivity index (χ1v) is 9.51. The second-order valence-electron chi connectivity index (χ2n) is 6.38. The van der Waals surface area contributed by atoms with Crippen LogP contribution in [0.15, 0.2) is 42.5 Å². The summed E-state index contributed by atoms with van der Waals surface area (Å²) in [5, 5.41) is 0. The fourth-order valence-corrected chi connectivity index (χ4v) is 2.76. The third-order valence-electron chi connectivity index (χ3n) is 4.30. The largest absolute Gasteiger partial charge is 0.497 e. The van der Waals surface area contributed by atoms with Crippen LogP contribution < -0.4 is 18.9 Å². The van der Waals surface area contributed by atoms with Crippen molar-refractivity contribution < 1.29 is 33.3 Å². The lowest BCUT2D eigenvalue weighted by Crippen LogP contribution is -2.13. The smallest absolute Gasteiger partial charge is 0.306 e. The van der Waals surface area contributed by atoms with Crippen LogP contribution in [0.1, 0.15) is 29.6 Å². The van der Waals surface area contributed by atoms with E-state index in [4.69, 9.17) is 23.7 Å². The fraction of sp³-hybridized carbons (Fsp3) is 0.364. The van der Waals surface area contributed by atoms with Crippen molar-refractivity contribution in [2.75, 3.05) is 33.5 Å². The molecular weight excluding hydrogens is 376 g/mol. The number of carbonyl (C=O) groups is 2. The van der Waals surface area contributed by atoms with Crippen molar-refractivity contribution >= 4 is 11.8 Å². The van der Waals surface area contributed by atoms with Crippen molar-refractivity contribution in [3.8, 4) is 23.0 Å². The Balaban J connectivity index is 1.37. The van der Waals surface area contributed by atoms with E-state index in [0.29, 0.717) is 36.0 Å². The first-order valence-electron chi connectivity index (χ1n) is 9.51. The number of ketones is 1. The van der Waals surface area contributed by atoms with Crippen LogP contribution >= 0.6 is 0 Å². The zero-order valence-corrected chi connectivity index (χ0v) is 16.3. The van der Waals surface area contributed by atoms with Crippen LogP contribution in [-0.2, 0) is 9.53 Å². The van der Waals surface area contributed by atoms with E-state index >= 15 is 0 Å². The van der Waals surface area contributed by atoms with E-state index in [-0.39, 0.29) is 31.8 Å². The Hall–Kier alpha value is -3.22. The molecule has 0 N–H and O–H groups in total. The lowest BCUT2D eigenvalue weighted by molar-refractivity contribution is -0.144. The number of benzene rings is 2. The lowest BCUT2D eigenvalue weighted by Gasteiger charge is -2.09. The number of Topliss-reactive ketones (excluding diaryl/α,β-unsaturated/α-hetero) is 1. The van der Waals surface area contributed by atoms with Crippen LogP contribution in [-0.4, -0.2) is 45.3 Å². The van der Waals surface area contributed by atoms with E-state index in [9.17, 15) is 9.59 Å². The summed E-state index contributed by atoms with van der Waals surface area (Å²) in [7, 11) is 1.59. The number of hydrogen-bond donors (Lipinski definition) is 0. The van der Waals surface area contributed by atoms with Gasteiger partial charge in [0.2, 0.25) is 0 Å². The number of methoxy groups -OCH3 is 1. The van der Waals surface area contributed by atoms with E-state index in [1.807, 2.05) is 0 Å². The maximum Gasteiger partial charge on any atom is 0.306 e. The van der Waals surface area contributed by atoms with Crippen LogP contribution in [0.5, 0.6) is 23.0 Å². The predicted molar refractivity (Wildman–Crippen MR) is 105 cm³/mol. The SMILES string of the molecule is COc1ccc(OCCOC(=O)CCC(=O)c2ccc3c(c2)OCCCO3)cc1. The molecule has 0 saturated carbocycles. The minimum Gasteiger partial charge on any atom is -0.497 e. The van der Waals surface area contributed by atoms with Crippen LogP contribution in [0, 0.1) is 0 Å². The molecule has 0 amide bonds. The van der Waals surface area contributed by atoms with Gasteiger partial charge < -0.3 is 23.7 Å². The topological polar surface area (TPSA) is 80.3 Å². The van der Waals surface area contributed by atoms with Gasteiger partial charge in [-0.1, -0.05) is 0 Å². The summed E-state index contributed by atoms with van der Waals surface area (Å²) in [6.07, 6.45) is 0.875. The Morgan fingerprint density at radius 3 is 2.38 bits per heavy atom. The Morgan fingerprint density at radius 2 is 1.62 bits per heavy atom. The van der Waals surface area contributed by atoms with Gasteiger partial charge in [-0.15, -0.1) is 0 Å². The maximum atomic E-state index is 12.3. The van der Waals surface area contributed by atoms with E-state index < -0.39 is 5.97 Å². The molecule has 1 heterocycles. The number of ether oxygens (including phenoxy) is 5. The van der Waals surface area contributed by atoms with Gasteiger partial charge in [0, 0.05) is 18.4 Å². The number of esters is 1. The van der Waals surface area contributed by atoms with Gasteiger partial charge in [-0.05, 0) is 42.5 Å². The minimum absolute atomic E-state index is 0.00973. The number of rotatable bonds is 9. The molecule has 2 aromatic rings. The standard InChI is InChI=1S/C22H24O7/c1-25-17-4-6-18(7-5-17)26-13-14-29-22(24)10-8-19(23)16-3-9-20-21(15-16)28-12-2-11-27-20/h3-7,9,15H,2,8,10-14H2,1H3. The van der Waals surface area contributed by atoms with Gasteiger partial charge in [0.1, 0.15) is 24.7 Å². The predicted octanol–water partition coefficient (Wildman–Crippen LogP) is 3.44. The summed E-state index contributed by atoms with van der Waals surface area (Å²) < 4.78 is 26.8. The Labute approximate surface area is 169 Å². The molecule has 2 aromatic carbocycles. The fourth-order valence-electron chi connectivity index (χ4n) is 2.76. The molecule has 7 heteroatoms. The van der Waals surface area contributed by atoms with Crippen LogP contribution in [0.2, 0.25) is 0 Å². The molecule has 0 atom stereocenters. The van der Waals surface area contributed by atoms with Crippen LogP contribution in [0.25, 0.3) is 0 Å². The average Bonchev–Trinajstić information content (AvgIpc) is 3.00. The van der Waals surface area contributed by atoms with Gasteiger partial charge in [0.15, 0.2) is 17.3 Å². The molecule has 154 valence electrons. The van der Waals surface area contributed by atoms with Gasteiger partial charge in [-0.25, -0.2) is 0 Å². The molecule has 3 rings (SSSR count). The van der Waals surface area contributed by atoms with E-state index in [2.05, 4.69) is 0 Å². The Morgan fingerprint density at radius 1 is 0.897 bits per heavy atom. The number of fused-ring (bicyclic) bond motifs is 1. The van der Waals surface area contributed by atoms with Gasteiger partial charge in [-0.3, -0.25) is 9.59 Å².